The number of ketones is 1. The number of hydrogen-bond donors (Lipinski definition) is 1. The largest absolute Gasteiger partial charge is 0.462 e. The average molecular weight is 511 g/mol. The number of piperidine rings is 1. The first kappa shape index (κ1) is 25.7. The Kier molecular flexibility index (Phi) is 8.46. The van der Waals surface area contributed by atoms with Crippen molar-refractivity contribution in [3.63, 3.8) is 0 Å². The highest BCUT2D eigenvalue weighted by Crippen LogP contribution is 2.30. The zero-order chi connectivity index (χ0) is 26.2. The maximum atomic E-state index is 13.0. The highest BCUT2D eigenvalue weighted by molar-refractivity contribution is 5.96. The molecule has 7 heteroatoms. The maximum Gasteiger partial charge on any atom is 0.251 e. The number of pyridine rings is 1. The van der Waals surface area contributed by atoms with E-state index in [1.54, 1.807) is 30.8 Å². The van der Waals surface area contributed by atoms with Gasteiger partial charge in [0, 0.05) is 62.0 Å². The van der Waals surface area contributed by atoms with Crippen LogP contribution in [-0.2, 0) is 16.0 Å². The molecule has 38 heavy (non-hydrogen) atoms. The Labute approximate surface area is 224 Å². The summed E-state index contributed by atoms with van der Waals surface area (Å²) in [5.41, 5.74) is 4.02. The van der Waals surface area contributed by atoms with Crippen LogP contribution in [-0.4, -0.2) is 59.2 Å². The van der Waals surface area contributed by atoms with Crippen LogP contribution in [0.25, 0.3) is 0 Å². The summed E-state index contributed by atoms with van der Waals surface area (Å²) in [6, 6.07) is 12.0. The van der Waals surface area contributed by atoms with Crippen molar-refractivity contribution in [2.75, 3.05) is 32.7 Å². The lowest BCUT2D eigenvalue weighted by Gasteiger charge is -2.34. The Morgan fingerprint density at radius 3 is 2.71 bits per heavy atom. The highest BCUT2D eigenvalue weighted by Gasteiger charge is 2.24. The van der Waals surface area contributed by atoms with E-state index in [0.717, 1.165) is 67.9 Å². The molecule has 1 aliphatic carbocycles. The van der Waals surface area contributed by atoms with E-state index in [-0.39, 0.29) is 11.7 Å². The van der Waals surface area contributed by atoms with Crippen LogP contribution in [0.15, 0.2) is 97.0 Å². The average Bonchev–Trinajstić information content (AvgIpc) is 2.97. The molecular weight excluding hydrogens is 476 g/mol. The van der Waals surface area contributed by atoms with Gasteiger partial charge in [-0.15, -0.1) is 0 Å². The smallest absolute Gasteiger partial charge is 0.251 e. The molecule has 196 valence electrons. The zero-order valence-corrected chi connectivity index (χ0v) is 21.6. The van der Waals surface area contributed by atoms with Gasteiger partial charge < -0.3 is 19.9 Å². The van der Waals surface area contributed by atoms with Gasteiger partial charge in [-0.3, -0.25) is 14.6 Å². The second-order valence-electron chi connectivity index (χ2n) is 9.89. The SMILES string of the molecule is O=C1C=CC=C(C2=CN(CCN3CCC(c4ccccc4C(=O)NCCc4ccncc4)CC3)C=CO2)C1. The lowest BCUT2D eigenvalue weighted by Crippen LogP contribution is -2.38. The van der Waals surface area contributed by atoms with Crippen LogP contribution in [0, 0.1) is 0 Å². The molecule has 3 aliphatic rings. The molecule has 2 aliphatic heterocycles. The van der Waals surface area contributed by atoms with Crippen molar-refractivity contribution in [2.45, 2.75) is 31.6 Å². The van der Waals surface area contributed by atoms with Crippen molar-refractivity contribution >= 4 is 11.7 Å². The summed E-state index contributed by atoms with van der Waals surface area (Å²) in [4.78, 5) is 33.4. The predicted octanol–water partition coefficient (Wildman–Crippen LogP) is 4.33. The van der Waals surface area contributed by atoms with Crippen molar-refractivity contribution in [2.24, 2.45) is 0 Å². The number of carbonyl (C=O) groups is 2. The van der Waals surface area contributed by atoms with Crippen LogP contribution >= 0.6 is 0 Å². The van der Waals surface area contributed by atoms with E-state index in [4.69, 9.17) is 4.74 Å². The van der Waals surface area contributed by atoms with Crippen LogP contribution < -0.4 is 5.32 Å². The minimum absolute atomic E-state index is 0.00375. The molecule has 1 N–H and O–H groups in total. The van der Waals surface area contributed by atoms with Crippen LogP contribution in [0.1, 0.15) is 46.7 Å². The number of amides is 1. The molecule has 1 fully saturated rings. The minimum Gasteiger partial charge on any atom is -0.462 e. The molecule has 3 heterocycles. The summed E-state index contributed by atoms with van der Waals surface area (Å²) >= 11 is 0. The quantitative estimate of drug-likeness (QED) is 0.541. The first-order chi connectivity index (χ1) is 18.7. The molecule has 0 spiro atoms. The van der Waals surface area contributed by atoms with E-state index >= 15 is 0 Å². The molecule has 7 nitrogen and oxygen atoms in total. The van der Waals surface area contributed by atoms with Gasteiger partial charge in [-0.2, -0.15) is 0 Å². The number of allylic oxidation sites excluding steroid dienone is 4. The van der Waals surface area contributed by atoms with Crippen LogP contribution in [0.4, 0.5) is 0 Å². The van der Waals surface area contributed by atoms with E-state index in [2.05, 4.69) is 26.2 Å². The van der Waals surface area contributed by atoms with Gasteiger partial charge in [0.2, 0.25) is 0 Å². The Morgan fingerprint density at radius 1 is 1.08 bits per heavy atom. The van der Waals surface area contributed by atoms with Crippen LogP contribution in [0.2, 0.25) is 0 Å². The number of nitrogens with zero attached hydrogens (tertiary/aromatic N) is 3. The first-order valence-electron chi connectivity index (χ1n) is 13.4. The van der Waals surface area contributed by atoms with Crippen LogP contribution in [0.5, 0.6) is 0 Å². The van der Waals surface area contributed by atoms with Gasteiger partial charge in [-0.25, -0.2) is 0 Å². The number of likely N-dealkylation sites (tertiary alicyclic amines) is 1. The third kappa shape index (κ3) is 6.66. The molecule has 1 aromatic heterocycles. The number of nitrogens with one attached hydrogen (secondary N) is 1. The minimum atomic E-state index is 0.00375. The monoisotopic (exact) mass is 510 g/mol. The number of aromatic nitrogens is 1. The van der Waals surface area contributed by atoms with E-state index < -0.39 is 0 Å². The number of carbonyl (C=O) groups excluding carboxylic acids is 2. The Bertz CT molecular complexity index is 1260. The zero-order valence-electron chi connectivity index (χ0n) is 21.6. The van der Waals surface area contributed by atoms with Gasteiger partial charge in [-0.1, -0.05) is 30.4 Å². The first-order valence-corrected chi connectivity index (χ1v) is 13.4. The molecule has 1 aromatic carbocycles. The summed E-state index contributed by atoms with van der Waals surface area (Å²) in [6.45, 7) is 4.39. The molecular formula is C31H34N4O3. The van der Waals surface area contributed by atoms with E-state index in [1.165, 1.54) is 5.56 Å². The Balaban J connectivity index is 1.11. The number of ether oxygens (including phenoxy) is 1. The summed E-state index contributed by atoms with van der Waals surface area (Å²) in [5.74, 6) is 1.22. The predicted molar refractivity (Wildman–Crippen MR) is 147 cm³/mol. The van der Waals surface area contributed by atoms with Crippen molar-refractivity contribution in [1.29, 1.82) is 0 Å². The lowest BCUT2D eigenvalue weighted by atomic mass is 9.86. The third-order valence-corrected chi connectivity index (χ3v) is 7.35. The topological polar surface area (TPSA) is 74.8 Å². The standard InChI is InChI=1S/C31H34N4O3/c36-27-5-3-4-26(22-27)30-23-35(20-21-38-30)19-18-34-16-11-25(12-17-34)28-6-1-2-7-29(28)31(37)33-15-10-24-8-13-32-14-9-24/h1-9,13-14,20-21,23,25H,10-12,15-19,22H2,(H,33,37). The second-order valence-corrected chi connectivity index (χ2v) is 9.89. The van der Waals surface area contributed by atoms with E-state index in [1.807, 2.05) is 48.8 Å². The fourth-order valence-electron chi connectivity index (χ4n) is 5.20. The fraction of sp³-hybridized carbons (Fsp3) is 0.323. The molecule has 0 bridgehead atoms. The van der Waals surface area contributed by atoms with Crippen molar-refractivity contribution in [1.82, 2.24) is 20.1 Å². The highest BCUT2D eigenvalue weighted by atomic mass is 16.5. The summed E-state index contributed by atoms with van der Waals surface area (Å²) in [6.07, 6.45) is 17.7. The molecule has 0 atom stereocenters. The van der Waals surface area contributed by atoms with Gasteiger partial charge in [0.15, 0.2) is 5.78 Å². The maximum absolute atomic E-state index is 13.0. The van der Waals surface area contributed by atoms with Gasteiger partial charge in [-0.05, 0) is 73.7 Å². The van der Waals surface area contributed by atoms with Crippen molar-refractivity contribution < 1.29 is 14.3 Å². The Hall–Kier alpha value is -3.97. The molecule has 0 radical (unpaired) electrons. The molecule has 1 amide bonds. The summed E-state index contributed by atoms with van der Waals surface area (Å²) < 4.78 is 5.66. The number of rotatable bonds is 9. The number of benzene rings is 1. The molecule has 1 saturated heterocycles. The normalized spacial score (nSPS) is 18.1. The summed E-state index contributed by atoms with van der Waals surface area (Å²) in [7, 11) is 0. The fourth-order valence-corrected chi connectivity index (χ4v) is 5.20. The van der Waals surface area contributed by atoms with Crippen molar-refractivity contribution in [3.05, 3.63) is 114 Å². The van der Waals surface area contributed by atoms with E-state index in [9.17, 15) is 9.59 Å². The van der Waals surface area contributed by atoms with E-state index in [0.29, 0.717) is 18.9 Å². The molecule has 5 rings (SSSR count). The second kappa shape index (κ2) is 12.5. The molecule has 2 aromatic rings. The molecule has 0 unspecified atom stereocenters. The van der Waals surface area contributed by atoms with Gasteiger partial charge in [0.25, 0.3) is 5.91 Å². The van der Waals surface area contributed by atoms with Gasteiger partial charge in [0.1, 0.15) is 12.0 Å². The third-order valence-electron chi connectivity index (χ3n) is 7.35. The summed E-state index contributed by atoms with van der Waals surface area (Å²) in [5, 5.41) is 3.10. The van der Waals surface area contributed by atoms with Gasteiger partial charge in [0.05, 0.1) is 0 Å². The van der Waals surface area contributed by atoms with Crippen LogP contribution in [0.3, 0.4) is 0 Å². The number of hydrogen-bond acceptors (Lipinski definition) is 6. The lowest BCUT2D eigenvalue weighted by molar-refractivity contribution is -0.114. The molecule has 0 saturated carbocycles. The Morgan fingerprint density at radius 2 is 1.89 bits per heavy atom. The van der Waals surface area contributed by atoms with Crippen molar-refractivity contribution in [3.8, 4) is 0 Å². The van der Waals surface area contributed by atoms with Gasteiger partial charge >= 0.3 is 0 Å².